The van der Waals surface area contributed by atoms with Gasteiger partial charge in [-0.1, -0.05) is 11.6 Å². The molecule has 0 heterocycles. The van der Waals surface area contributed by atoms with Crippen molar-refractivity contribution in [3.8, 4) is 0 Å². The highest BCUT2D eigenvalue weighted by Gasteiger charge is 2.14. The number of carbonyl (C=O) groups excluding carboxylic acids is 2. The highest BCUT2D eigenvalue weighted by molar-refractivity contribution is 6.34. The second kappa shape index (κ2) is 7.71. The highest BCUT2D eigenvalue weighted by atomic mass is 35.5. The molecule has 0 saturated carbocycles. The number of hydrogen-bond acceptors (Lipinski definition) is 3. The number of rotatable bonds is 5. The largest absolute Gasteiger partial charge is 0.480 e. The van der Waals surface area contributed by atoms with Crippen LogP contribution in [0.25, 0.3) is 0 Å². The maximum atomic E-state index is 13.1. The van der Waals surface area contributed by atoms with Crippen molar-refractivity contribution in [2.75, 3.05) is 11.9 Å². The monoisotopic (exact) mass is 368 g/mol. The first-order valence-electron chi connectivity index (χ1n) is 6.83. The number of aliphatic carboxylic acids is 1. The van der Waals surface area contributed by atoms with Crippen molar-refractivity contribution in [2.45, 2.75) is 0 Å². The highest BCUT2D eigenvalue weighted by Crippen LogP contribution is 2.22. The van der Waals surface area contributed by atoms with Crippen LogP contribution >= 0.6 is 11.6 Å². The summed E-state index contributed by atoms with van der Waals surface area (Å²) in [6.45, 7) is -0.571. The van der Waals surface area contributed by atoms with Crippen molar-refractivity contribution in [3.05, 3.63) is 64.2 Å². The molecule has 2 rings (SSSR count). The zero-order chi connectivity index (χ0) is 18.6. The maximum Gasteiger partial charge on any atom is 0.322 e. The molecule has 0 bridgehead atoms. The van der Waals surface area contributed by atoms with Gasteiger partial charge < -0.3 is 15.7 Å². The molecule has 0 saturated heterocycles. The van der Waals surface area contributed by atoms with Crippen molar-refractivity contribution < 1.29 is 28.3 Å². The number of hydrogen-bond donors (Lipinski definition) is 3. The van der Waals surface area contributed by atoms with E-state index in [-0.39, 0.29) is 21.8 Å². The molecule has 0 unspecified atom stereocenters. The molecule has 130 valence electrons. The molecule has 0 radical (unpaired) electrons. The summed E-state index contributed by atoms with van der Waals surface area (Å²) in [5.41, 5.74) is -0.0240. The van der Waals surface area contributed by atoms with Gasteiger partial charge in [0.1, 0.15) is 18.2 Å². The van der Waals surface area contributed by atoms with Gasteiger partial charge in [-0.25, -0.2) is 8.78 Å². The fourth-order valence-electron chi connectivity index (χ4n) is 1.92. The van der Waals surface area contributed by atoms with Gasteiger partial charge in [-0.2, -0.15) is 0 Å². The van der Waals surface area contributed by atoms with E-state index in [0.717, 1.165) is 12.1 Å². The molecule has 0 aliphatic carbocycles. The SMILES string of the molecule is O=C(O)CNC(=O)c1ccc(NC(=O)c2cc(F)cc(F)c2)cc1Cl. The van der Waals surface area contributed by atoms with E-state index >= 15 is 0 Å². The summed E-state index contributed by atoms with van der Waals surface area (Å²) < 4.78 is 26.3. The van der Waals surface area contributed by atoms with E-state index in [0.29, 0.717) is 6.07 Å². The summed E-state index contributed by atoms with van der Waals surface area (Å²) in [7, 11) is 0. The number of amides is 2. The van der Waals surface area contributed by atoms with Crippen LogP contribution < -0.4 is 10.6 Å². The van der Waals surface area contributed by atoms with Crippen LogP contribution in [-0.4, -0.2) is 29.4 Å². The second-order valence-electron chi connectivity index (χ2n) is 4.88. The van der Waals surface area contributed by atoms with Gasteiger partial charge in [0.05, 0.1) is 10.6 Å². The van der Waals surface area contributed by atoms with E-state index < -0.39 is 36.0 Å². The molecule has 2 aromatic carbocycles. The Morgan fingerprint density at radius 1 is 1.00 bits per heavy atom. The van der Waals surface area contributed by atoms with Gasteiger partial charge in [-0.3, -0.25) is 14.4 Å². The van der Waals surface area contributed by atoms with Gasteiger partial charge >= 0.3 is 5.97 Å². The molecular formula is C16H11ClF2N2O4. The van der Waals surface area contributed by atoms with Crippen molar-refractivity contribution >= 4 is 35.1 Å². The molecule has 25 heavy (non-hydrogen) atoms. The van der Waals surface area contributed by atoms with E-state index in [1.807, 2.05) is 0 Å². The predicted molar refractivity (Wildman–Crippen MR) is 85.7 cm³/mol. The van der Waals surface area contributed by atoms with Gasteiger partial charge in [0.2, 0.25) is 0 Å². The van der Waals surface area contributed by atoms with E-state index in [2.05, 4.69) is 10.6 Å². The fraction of sp³-hybridized carbons (Fsp3) is 0.0625. The van der Waals surface area contributed by atoms with Gasteiger partial charge in [0, 0.05) is 17.3 Å². The van der Waals surface area contributed by atoms with Crippen molar-refractivity contribution in [1.82, 2.24) is 5.32 Å². The van der Waals surface area contributed by atoms with Gasteiger partial charge in [0.25, 0.3) is 11.8 Å². The average molecular weight is 369 g/mol. The summed E-state index contributed by atoms with van der Waals surface area (Å²) >= 11 is 5.94. The smallest absolute Gasteiger partial charge is 0.322 e. The lowest BCUT2D eigenvalue weighted by Gasteiger charge is -2.09. The average Bonchev–Trinajstić information content (AvgIpc) is 2.51. The summed E-state index contributed by atoms with van der Waals surface area (Å²) in [6.07, 6.45) is 0. The minimum atomic E-state index is -1.21. The maximum absolute atomic E-state index is 13.1. The van der Waals surface area contributed by atoms with Crippen molar-refractivity contribution in [2.24, 2.45) is 0 Å². The molecular weight excluding hydrogens is 358 g/mol. The van der Waals surface area contributed by atoms with E-state index in [4.69, 9.17) is 16.7 Å². The normalized spacial score (nSPS) is 10.2. The molecule has 6 nitrogen and oxygen atoms in total. The number of anilines is 1. The van der Waals surface area contributed by atoms with Crippen LogP contribution in [0.1, 0.15) is 20.7 Å². The second-order valence-corrected chi connectivity index (χ2v) is 5.29. The molecule has 0 spiro atoms. The molecule has 2 aromatic rings. The minimum Gasteiger partial charge on any atom is -0.480 e. The van der Waals surface area contributed by atoms with E-state index in [1.54, 1.807) is 0 Å². The Morgan fingerprint density at radius 3 is 2.20 bits per heavy atom. The number of nitrogens with one attached hydrogen (secondary N) is 2. The lowest BCUT2D eigenvalue weighted by molar-refractivity contribution is -0.135. The molecule has 0 aliphatic rings. The molecule has 0 aromatic heterocycles. The molecule has 2 amide bonds. The van der Waals surface area contributed by atoms with Gasteiger partial charge in [-0.15, -0.1) is 0 Å². The third kappa shape index (κ3) is 4.98. The predicted octanol–water partition coefficient (Wildman–Crippen LogP) is 2.68. The Balaban J connectivity index is 2.13. The summed E-state index contributed by atoms with van der Waals surface area (Å²) in [6, 6.07) is 6.25. The first-order valence-corrected chi connectivity index (χ1v) is 7.21. The van der Waals surface area contributed by atoms with Crippen LogP contribution in [0.5, 0.6) is 0 Å². The lowest BCUT2D eigenvalue weighted by Crippen LogP contribution is -2.29. The number of carboxylic acid groups (broad SMARTS) is 1. The van der Waals surface area contributed by atoms with E-state index in [1.165, 1.54) is 18.2 Å². The third-order valence-electron chi connectivity index (χ3n) is 3.00. The summed E-state index contributed by atoms with van der Waals surface area (Å²) in [5, 5.41) is 13.0. The number of carbonyl (C=O) groups is 3. The Morgan fingerprint density at radius 2 is 1.64 bits per heavy atom. The number of halogens is 3. The minimum absolute atomic E-state index is 0.0118. The third-order valence-corrected chi connectivity index (χ3v) is 3.31. The fourth-order valence-corrected chi connectivity index (χ4v) is 2.18. The Bertz CT molecular complexity index is 838. The Labute approximate surface area is 145 Å². The number of carboxylic acids is 1. The molecule has 0 aliphatic heterocycles. The first kappa shape index (κ1) is 18.3. The van der Waals surface area contributed by atoms with Crippen LogP contribution in [0.15, 0.2) is 36.4 Å². The zero-order valence-electron chi connectivity index (χ0n) is 12.5. The first-order chi connectivity index (χ1) is 11.8. The zero-order valence-corrected chi connectivity index (χ0v) is 13.2. The topological polar surface area (TPSA) is 95.5 Å². The van der Waals surface area contributed by atoms with Crippen molar-refractivity contribution in [3.63, 3.8) is 0 Å². The molecule has 3 N–H and O–H groups in total. The van der Waals surface area contributed by atoms with Crippen LogP contribution in [0.2, 0.25) is 5.02 Å². The summed E-state index contributed by atoms with van der Waals surface area (Å²) in [5.74, 6) is -4.46. The van der Waals surface area contributed by atoms with Crippen LogP contribution in [0.3, 0.4) is 0 Å². The molecule has 0 atom stereocenters. The quantitative estimate of drug-likeness (QED) is 0.756. The van der Waals surface area contributed by atoms with Crippen LogP contribution in [0, 0.1) is 11.6 Å². The Hall–Kier alpha value is -3.00. The van der Waals surface area contributed by atoms with Crippen LogP contribution in [-0.2, 0) is 4.79 Å². The van der Waals surface area contributed by atoms with E-state index in [9.17, 15) is 23.2 Å². The van der Waals surface area contributed by atoms with Crippen molar-refractivity contribution in [1.29, 1.82) is 0 Å². The molecule has 0 fully saturated rings. The summed E-state index contributed by atoms with van der Waals surface area (Å²) in [4.78, 5) is 34.2. The van der Waals surface area contributed by atoms with Gasteiger partial charge in [-0.05, 0) is 30.3 Å². The number of benzene rings is 2. The van der Waals surface area contributed by atoms with Crippen LogP contribution in [0.4, 0.5) is 14.5 Å². The lowest BCUT2D eigenvalue weighted by atomic mass is 10.1. The Kier molecular flexibility index (Phi) is 5.66. The standard InChI is InChI=1S/C16H11ClF2N2O4/c17-13-6-11(1-2-12(13)16(25)20-7-14(22)23)21-15(24)8-3-9(18)5-10(19)4-8/h1-6H,7H2,(H,20,25)(H,21,24)(H,22,23). The van der Waals surface area contributed by atoms with Gasteiger partial charge in [0.15, 0.2) is 0 Å². The molecule has 9 heteroatoms.